The lowest BCUT2D eigenvalue weighted by atomic mass is 9.56. The summed E-state index contributed by atoms with van der Waals surface area (Å²) in [5.74, 6) is 1.73. The summed E-state index contributed by atoms with van der Waals surface area (Å²) < 4.78 is 12.2. The summed E-state index contributed by atoms with van der Waals surface area (Å²) in [7, 11) is 1.62. The third-order valence-electron chi connectivity index (χ3n) is 8.72. The van der Waals surface area contributed by atoms with Crippen molar-refractivity contribution in [1.29, 1.82) is 0 Å². The van der Waals surface area contributed by atoms with Crippen molar-refractivity contribution < 1.29 is 24.5 Å². The molecule has 2 N–H and O–H groups in total. The maximum Gasteiger partial charge on any atom is 0.168 e. The van der Waals surface area contributed by atoms with Gasteiger partial charge < -0.3 is 19.7 Å². The Bertz CT molecular complexity index is 1020. The van der Waals surface area contributed by atoms with Crippen LogP contribution in [0, 0.1) is 17.8 Å². The van der Waals surface area contributed by atoms with E-state index in [2.05, 4.69) is 20.8 Å². The zero-order chi connectivity index (χ0) is 24.4. The minimum Gasteiger partial charge on any atom is -0.507 e. The zero-order valence-corrected chi connectivity index (χ0v) is 21.4. The second-order valence-electron chi connectivity index (χ2n) is 12.1. The summed E-state index contributed by atoms with van der Waals surface area (Å²) in [5.41, 5.74) is 1.62. The van der Waals surface area contributed by atoms with Crippen molar-refractivity contribution in [3.63, 3.8) is 0 Å². The molecule has 0 amide bonds. The fraction of sp³-hybridized carbons (Fsp3) is 0.679. The van der Waals surface area contributed by atoms with E-state index in [-0.39, 0.29) is 22.4 Å². The normalized spacial score (nSPS) is 31.8. The number of hydrogen-bond acceptors (Lipinski definition) is 5. The lowest BCUT2D eigenvalue weighted by Crippen LogP contribution is -2.47. The standard InChI is InChI=1S/C28H40O5/c1-17-13-21(32-7)23-19(22(17)29)9-12-27(5,33-23)15-18-14-26(4)10-8-11-28(26,6)24(30)20(18)16-25(2,3)31/h13,29,31H,8-12,14-16H2,1-7H3. The average molecular weight is 457 g/mol. The van der Waals surface area contributed by atoms with Crippen LogP contribution in [0.1, 0.15) is 90.7 Å². The van der Waals surface area contributed by atoms with Crippen LogP contribution in [-0.4, -0.2) is 34.3 Å². The Balaban J connectivity index is 1.74. The van der Waals surface area contributed by atoms with Gasteiger partial charge in [-0.2, -0.15) is 0 Å². The summed E-state index contributed by atoms with van der Waals surface area (Å²) in [5, 5.41) is 21.3. The van der Waals surface area contributed by atoms with Gasteiger partial charge in [-0.25, -0.2) is 0 Å². The highest BCUT2D eigenvalue weighted by Gasteiger charge is 2.57. The maximum absolute atomic E-state index is 13.9. The molecule has 0 bridgehead atoms. The lowest BCUT2D eigenvalue weighted by Gasteiger charge is -2.48. The van der Waals surface area contributed by atoms with Crippen LogP contribution in [0.3, 0.4) is 0 Å². The van der Waals surface area contributed by atoms with E-state index < -0.39 is 11.2 Å². The highest BCUT2D eigenvalue weighted by atomic mass is 16.5. The minimum absolute atomic E-state index is 0.0570. The first-order valence-electron chi connectivity index (χ1n) is 12.3. The molecule has 5 nitrogen and oxygen atoms in total. The van der Waals surface area contributed by atoms with Crippen LogP contribution in [0.2, 0.25) is 0 Å². The topological polar surface area (TPSA) is 76.0 Å². The van der Waals surface area contributed by atoms with Gasteiger partial charge in [0.2, 0.25) is 0 Å². The number of benzene rings is 1. The quantitative estimate of drug-likeness (QED) is 0.585. The molecule has 1 heterocycles. The number of phenols is 1. The number of carbonyl (C=O) groups is 1. The van der Waals surface area contributed by atoms with Gasteiger partial charge in [0.1, 0.15) is 11.4 Å². The van der Waals surface area contributed by atoms with Crippen LogP contribution >= 0.6 is 0 Å². The third-order valence-corrected chi connectivity index (χ3v) is 8.72. The molecule has 1 fully saturated rings. The van der Waals surface area contributed by atoms with Crippen molar-refractivity contribution in [1.82, 2.24) is 0 Å². The molecule has 3 unspecified atom stereocenters. The predicted molar refractivity (Wildman–Crippen MR) is 129 cm³/mol. The molecule has 0 spiro atoms. The van der Waals surface area contributed by atoms with Crippen LogP contribution in [0.4, 0.5) is 0 Å². The highest BCUT2D eigenvalue weighted by molar-refractivity contribution is 6.02. The molecule has 1 aromatic carbocycles. The molecule has 1 aliphatic heterocycles. The number of carbonyl (C=O) groups excluding carboxylic acids is 1. The molecular formula is C28H40O5. The maximum atomic E-state index is 13.9. The molecule has 182 valence electrons. The molecule has 3 aliphatic rings. The number of aromatic hydroxyl groups is 1. The summed E-state index contributed by atoms with van der Waals surface area (Å²) in [4.78, 5) is 13.9. The molecule has 5 heteroatoms. The van der Waals surface area contributed by atoms with Crippen molar-refractivity contribution in [3.05, 3.63) is 28.3 Å². The van der Waals surface area contributed by atoms with Gasteiger partial charge in [0.15, 0.2) is 17.3 Å². The smallest absolute Gasteiger partial charge is 0.168 e. The Hall–Kier alpha value is -2.01. The van der Waals surface area contributed by atoms with Crippen LogP contribution in [-0.2, 0) is 11.2 Å². The molecule has 0 saturated heterocycles. The predicted octanol–water partition coefficient (Wildman–Crippen LogP) is 5.81. The van der Waals surface area contributed by atoms with Crippen molar-refractivity contribution in [3.8, 4) is 17.2 Å². The highest BCUT2D eigenvalue weighted by Crippen LogP contribution is 2.61. The van der Waals surface area contributed by atoms with Crippen molar-refractivity contribution >= 4 is 5.78 Å². The first-order chi connectivity index (χ1) is 15.2. The van der Waals surface area contributed by atoms with Crippen LogP contribution in [0.15, 0.2) is 17.2 Å². The van der Waals surface area contributed by atoms with Crippen molar-refractivity contribution in [2.45, 2.75) is 104 Å². The summed E-state index contributed by atoms with van der Waals surface area (Å²) in [6.07, 6.45) is 6.32. The van der Waals surface area contributed by atoms with E-state index in [4.69, 9.17) is 9.47 Å². The lowest BCUT2D eigenvalue weighted by molar-refractivity contribution is -0.131. The van der Waals surface area contributed by atoms with E-state index in [0.717, 1.165) is 54.4 Å². The molecule has 3 atom stereocenters. The number of Topliss-reactive ketones (excluding diaryl/α,β-unsaturated/α-hetero) is 1. The molecular weight excluding hydrogens is 416 g/mol. The number of ether oxygens (including phenoxy) is 2. The molecule has 4 rings (SSSR count). The summed E-state index contributed by atoms with van der Waals surface area (Å²) in [6, 6.07) is 1.81. The Kier molecular flexibility index (Phi) is 5.67. The SMILES string of the molecule is COc1cc(C)c(O)c2c1OC(C)(CC1=C(CC(C)(C)O)C(=O)C3(C)CCCC3(C)C1)CC2. The summed E-state index contributed by atoms with van der Waals surface area (Å²) in [6.45, 7) is 11.9. The largest absolute Gasteiger partial charge is 0.507 e. The Morgan fingerprint density at radius 2 is 1.88 bits per heavy atom. The second-order valence-corrected chi connectivity index (χ2v) is 12.1. The van der Waals surface area contributed by atoms with Crippen LogP contribution in [0.25, 0.3) is 0 Å². The number of fused-ring (bicyclic) bond motifs is 2. The van der Waals surface area contributed by atoms with E-state index in [1.54, 1.807) is 21.0 Å². The molecule has 1 saturated carbocycles. The van der Waals surface area contributed by atoms with E-state index in [1.807, 2.05) is 13.0 Å². The number of aryl methyl sites for hydroxylation is 1. The molecule has 0 aromatic heterocycles. The fourth-order valence-corrected chi connectivity index (χ4v) is 6.54. The van der Waals surface area contributed by atoms with Gasteiger partial charge in [-0.15, -0.1) is 0 Å². The molecule has 2 aliphatic carbocycles. The Morgan fingerprint density at radius 3 is 2.52 bits per heavy atom. The van der Waals surface area contributed by atoms with Crippen LogP contribution < -0.4 is 9.47 Å². The van der Waals surface area contributed by atoms with E-state index in [0.29, 0.717) is 30.8 Å². The van der Waals surface area contributed by atoms with Gasteiger partial charge >= 0.3 is 0 Å². The number of hydrogen-bond donors (Lipinski definition) is 2. The first kappa shape index (κ1) is 24.1. The number of rotatable bonds is 5. The minimum atomic E-state index is -0.952. The zero-order valence-electron chi connectivity index (χ0n) is 21.4. The van der Waals surface area contributed by atoms with Crippen LogP contribution in [0.5, 0.6) is 17.2 Å². The molecule has 1 aromatic rings. The van der Waals surface area contributed by atoms with Gasteiger partial charge in [-0.3, -0.25) is 4.79 Å². The fourth-order valence-electron chi connectivity index (χ4n) is 6.54. The second kappa shape index (κ2) is 7.76. The number of ketones is 1. The average Bonchev–Trinajstić information content (AvgIpc) is 3.02. The Labute approximate surface area is 198 Å². The molecule has 0 radical (unpaired) electrons. The Morgan fingerprint density at radius 1 is 1.18 bits per heavy atom. The van der Waals surface area contributed by atoms with Crippen molar-refractivity contribution in [2.75, 3.05) is 7.11 Å². The summed E-state index contributed by atoms with van der Waals surface area (Å²) >= 11 is 0. The van der Waals surface area contributed by atoms with Gasteiger partial charge in [-0.05, 0) is 82.4 Å². The number of aliphatic hydroxyl groups is 1. The van der Waals surface area contributed by atoms with E-state index in [9.17, 15) is 15.0 Å². The van der Waals surface area contributed by atoms with E-state index in [1.165, 1.54) is 0 Å². The first-order valence-corrected chi connectivity index (χ1v) is 12.3. The van der Waals surface area contributed by atoms with Gasteiger partial charge in [0.05, 0.1) is 12.7 Å². The molecule has 33 heavy (non-hydrogen) atoms. The van der Waals surface area contributed by atoms with E-state index >= 15 is 0 Å². The van der Waals surface area contributed by atoms with Gasteiger partial charge in [0, 0.05) is 23.8 Å². The van der Waals surface area contributed by atoms with Gasteiger partial charge in [0.25, 0.3) is 0 Å². The van der Waals surface area contributed by atoms with Gasteiger partial charge in [-0.1, -0.05) is 25.8 Å². The monoisotopic (exact) mass is 456 g/mol. The van der Waals surface area contributed by atoms with Crippen molar-refractivity contribution in [2.24, 2.45) is 10.8 Å². The number of phenolic OH excluding ortho intramolecular Hbond substituents is 1. The number of methoxy groups -OCH3 is 1. The third kappa shape index (κ3) is 3.96.